The number of halogens is 1. The number of piperidine rings is 1. The molecule has 0 bridgehead atoms. The number of fused-ring (bicyclic) bond motifs is 1. The Balaban J connectivity index is 1.75. The highest BCUT2D eigenvalue weighted by Crippen LogP contribution is 2.23. The first-order valence-electron chi connectivity index (χ1n) is 6.70. The Hall–Kier alpha value is -1.69. The van der Waals surface area contributed by atoms with Crippen molar-refractivity contribution in [3.05, 3.63) is 23.2 Å². The predicted octanol–water partition coefficient (Wildman–Crippen LogP) is 0.853. The molecule has 0 saturated carbocycles. The summed E-state index contributed by atoms with van der Waals surface area (Å²) in [7, 11) is 0. The smallest absolute Gasteiger partial charge is 0.246 e. The topological polar surface area (TPSA) is 66.4 Å². The Morgan fingerprint density at radius 2 is 2.10 bits per heavy atom. The summed E-state index contributed by atoms with van der Waals surface area (Å²) in [5, 5.41) is 0.313. The molecule has 3 rings (SSSR count). The number of carbonyl (C=O) groups excluding carboxylic acids is 2. The van der Waals surface area contributed by atoms with E-state index in [4.69, 9.17) is 11.6 Å². The van der Waals surface area contributed by atoms with Crippen molar-refractivity contribution >= 4 is 23.4 Å². The van der Waals surface area contributed by atoms with Gasteiger partial charge >= 0.3 is 0 Å². The van der Waals surface area contributed by atoms with Crippen molar-refractivity contribution in [3.63, 3.8) is 0 Å². The third kappa shape index (κ3) is 2.47. The van der Waals surface area contributed by atoms with Crippen LogP contribution in [0.25, 0.3) is 0 Å². The molecule has 0 aromatic carbocycles. The van der Waals surface area contributed by atoms with Gasteiger partial charge in [-0.05, 0) is 19.3 Å². The van der Waals surface area contributed by atoms with Gasteiger partial charge in [0.2, 0.25) is 11.8 Å². The molecule has 20 heavy (non-hydrogen) atoms. The molecule has 6 nitrogen and oxygen atoms in total. The normalized spacial score (nSPS) is 22.9. The molecule has 1 unspecified atom stereocenters. The van der Waals surface area contributed by atoms with Gasteiger partial charge in [0.05, 0.1) is 24.6 Å². The van der Waals surface area contributed by atoms with E-state index in [9.17, 15) is 9.59 Å². The first-order chi connectivity index (χ1) is 9.65. The van der Waals surface area contributed by atoms with E-state index in [1.165, 1.54) is 12.4 Å². The van der Waals surface area contributed by atoms with Crippen LogP contribution < -0.4 is 0 Å². The van der Waals surface area contributed by atoms with Crippen molar-refractivity contribution < 1.29 is 9.59 Å². The van der Waals surface area contributed by atoms with Crippen LogP contribution in [0.2, 0.25) is 5.15 Å². The molecule has 0 radical (unpaired) electrons. The maximum atomic E-state index is 12.4. The first-order valence-corrected chi connectivity index (χ1v) is 7.07. The van der Waals surface area contributed by atoms with E-state index in [-0.39, 0.29) is 24.4 Å². The van der Waals surface area contributed by atoms with Crippen molar-refractivity contribution in [1.29, 1.82) is 0 Å². The molecule has 7 heteroatoms. The SMILES string of the molecule is O=C1C2CCCCN2C(=O)CN1Cc1cnc(Cl)cn1. The molecule has 1 aromatic heterocycles. The highest BCUT2D eigenvalue weighted by molar-refractivity contribution is 6.29. The largest absolute Gasteiger partial charge is 0.329 e. The van der Waals surface area contributed by atoms with Crippen LogP contribution in [-0.2, 0) is 16.1 Å². The van der Waals surface area contributed by atoms with Gasteiger partial charge in [0, 0.05) is 6.54 Å². The summed E-state index contributed by atoms with van der Waals surface area (Å²) in [6, 6.07) is -0.287. The van der Waals surface area contributed by atoms with Gasteiger partial charge in [-0.2, -0.15) is 0 Å². The highest BCUT2D eigenvalue weighted by atomic mass is 35.5. The van der Waals surface area contributed by atoms with Crippen molar-refractivity contribution in [1.82, 2.24) is 19.8 Å². The summed E-state index contributed by atoms with van der Waals surface area (Å²) < 4.78 is 0. The van der Waals surface area contributed by atoms with Crippen molar-refractivity contribution in [2.45, 2.75) is 31.8 Å². The number of piperazine rings is 1. The van der Waals surface area contributed by atoms with Crippen molar-refractivity contribution in [2.24, 2.45) is 0 Å². The Kier molecular flexibility index (Phi) is 3.56. The molecule has 1 atom stereocenters. The molecular weight excluding hydrogens is 280 g/mol. The lowest BCUT2D eigenvalue weighted by molar-refractivity contribution is -0.158. The number of amides is 2. The highest BCUT2D eigenvalue weighted by Gasteiger charge is 2.40. The Morgan fingerprint density at radius 1 is 1.25 bits per heavy atom. The maximum absolute atomic E-state index is 12.4. The molecule has 1 aromatic rings. The minimum atomic E-state index is -0.287. The molecule has 2 fully saturated rings. The van der Waals surface area contributed by atoms with Crippen LogP contribution in [-0.4, -0.2) is 50.7 Å². The fourth-order valence-corrected chi connectivity index (χ4v) is 2.88. The van der Waals surface area contributed by atoms with E-state index in [1.54, 1.807) is 9.80 Å². The summed E-state index contributed by atoms with van der Waals surface area (Å²) >= 11 is 5.68. The molecule has 0 N–H and O–H groups in total. The zero-order valence-corrected chi connectivity index (χ0v) is 11.7. The number of aromatic nitrogens is 2. The lowest BCUT2D eigenvalue weighted by Gasteiger charge is -2.42. The summed E-state index contributed by atoms with van der Waals surface area (Å²) in [6.45, 7) is 1.13. The zero-order valence-electron chi connectivity index (χ0n) is 11.0. The summed E-state index contributed by atoms with van der Waals surface area (Å²) in [5.41, 5.74) is 0.639. The summed E-state index contributed by atoms with van der Waals surface area (Å²) in [6.07, 6.45) is 5.72. The predicted molar refractivity (Wildman–Crippen MR) is 71.8 cm³/mol. The van der Waals surface area contributed by atoms with Crippen LogP contribution in [0.5, 0.6) is 0 Å². The number of hydrogen-bond donors (Lipinski definition) is 0. The number of rotatable bonds is 2. The van der Waals surface area contributed by atoms with Crippen LogP contribution >= 0.6 is 11.6 Å². The molecule has 2 aliphatic heterocycles. The zero-order chi connectivity index (χ0) is 14.1. The van der Waals surface area contributed by atoms with Gasteiger partial charge < -0.3 is 9.80 Å². The average Bonchev–Trinajstić information content (AvgIpc) is 2.47. The van der Waals surface area contributed by atoms with Crippen LogP contribution in [0.3, 0.4) is 0 Å². The lowest BCUT2D eigenvalue weighted by atomic mass is 9.98. The summed E-state index contributed by atoms with van der Waals surface area (Å²) in [4.78, 5) is 35.9. The van der Waals surface area contributed by atoms with E-state index in [2.05, 4.69) is 9.97 Å². The minimum Gasteiger partial charge on any atom is -0.329 e. The summed E-state index contributed by atoms with van der Waals surface area (Å²) in [5.74, 6) is 0.0391. The molecule has 0 aliphatic carbocycles. The Morgan fingerprint density at radius 3 is 2.85 bits per heavy atom. The molecule has 0 spiro atoms. The Bertz CT molecular complexity index is 534. The monoisotopic (exact) mass is 294 g/mol. The lowest BCUT2D eigenvalue weighted by Crippen LogP contribution is -2.60. The van der Waals surface area contributed by atoms with Gasteiger partial charge in [0.1, 0.15) is 17.7 Å². The van der Waals surface area contributed by atoms with E-state index in [0.717, 1.165) is 19.3 Å². The molecule has 3 heterocycles. The van der Waals surface area contributed by atoms with Crippen molar-refractivity contribution in [3.8, 4) is 0 Å². The molecule has 106 valence electrons. The van der Waals surface area contributed by atoms with E-state index >= 15 is 0 Å². The molecular formula is C13H15ClN4O2. The second-order valence-corrected chi connectivity index (χ2v) is 5.51. The quantitative estimate of drug-likeness (QED) is 0.811. The standard InChI is InChI=1S/C13H15ClN4O2/c14-11-6-15-9(5-16-11)7-17-8-12(19)18-4-2-1-3-10(18)13(17)20/h5-6,10H,1-4,7-8H2. The molecule has 2 aliphatic rings. The van der Waals surface area contributed by atoms with Gasteiger partial charge in [-0.1, -0.05) is 11.6 Å². The fraction of sp³-hybridized carbons (Fsp3) is 0.538. The van der Waals surface area contributed by atoms with Crippen LogP contribution in [0.4, 0.5) is 0 Å². The van der Waals surface area contributed by atoms with E-state index in [1.807, 2.05) is 0 Å². The third-order valence-electron chi connectivity index (χ3n) is 3.77. The Labute approximate surface area is 121 Å². The van der Waals surface area contributed by atoms with Gasteiger partial charge in [0.15, 0.2) is 0 Å². The van der Waals surface area contributed by atoms with Gasteiger partial charge in [-0.25, -0.2) is 4.98 Å². The number of hydrogen-bond acceptors (Lipinski definition) is 4. The fourth-order valence-electron chi connectivity index (χ4n) is 2.78. The second kappa shape index (κ2) is 5.36. The van der Waals surface area contributed by atoms with Gasteiger partial charge in [-0.15, -0.1) is 0 Å². The molecule has 2 saturated heterocycles. The first kappa shape index (κ1) is 13.3. The van der Waals surface area contributed by atoms with Crippen molar-refractivity contribution in [2.75, 3.05) is 13.1 Å². The van der Waals surface area contributed by atoms with E-state index in [0.29, 0.717) is 23.9 Å². The number of carbonyl (C=O) groups is 2. The third-order valence-corrected chi connectivity index (χ3v) is 3.97. The van der Waals surface area contributed by atoms with Crippen LogP contribution in [0, 0.1) is 0 Å². The average molecular weight is 295 g/mol. The van der Waals surface area contributed by atoms with E-state index < -0.39 is 0 Å². The minimum absolute atomic E-state index is 0.0149. The molecule has 2 amide bonds. The second-order valence-electron chi connectivity index (χ2n) is 5.12. The van der Waals surface area contributed by atoms with Gasteiger partial charge in [-0.3, -0.25) is 14.6 Å². The van der Waals surface area contributed by atoms with Gasteiger partial charge in [0.25, 0.3) is 0 Å². The van der Waals surface area contributed by atoms with Crippen LogP contribution in [0.15, 0.2) is 12.4 Å². The maximum Gasteiger partial charge on any atom is 0.246 e. The number of nitrogens with zero attached hydrogens (tertiary/aromatic N) is 4. The van der Waals surface area contributed by atoms with Crippen LogP contribution in [0.1, 0.15) is 25.0 Å².